The van der Waals surface area contributed by atoms with Crippen LogP contribution < -0.4 is 0 Å². The van der Waals surface area contributed by atoms with E-state index in [0.717, 1.165) is 19.3 Å². The summed E-state index contributed by atoms with van der Waals surface area (Å²) in [5, 5.41) is 9.06. The van der Waals surface area contributed by atoms with E-state index in [1.54, 1.807) is 0 Å². The van der Waals surface area contributed by atoms with Crippen LogP contribution in [0.4, 0.5) is 0 Å². The van der Waals surface area contributed by atoms with Crippen molar-refractivity contribution in [3.05, 3.63) is 9.66 Å². The van der Waals surface area contributed by atoms with Crippen molar-refractivity contribution < 1.29 is 9.53 Å². The van der Waals surface area contributed by atoms with Gasteiger partial charge in [0, 0.05) is 19.3 Å². The van der Waals surface area contributed by atoms with Crippen LogP contribution in [0, 0.1) is 23.7 Å². The number of allylic oxidation sites excluding steroid dienone is 1. The third-order valence-corrected chi connectivity index (χ3v) is 9.80. The highest BCUT2D eigenvalue weighted by Gasteiger charge is 2.38. The molecule has 0 aliphatic heterocycles. The highest BCUT2D eigenvalue weighted by molar-refractivity contribution is 14.1. The quantitative estimate of drug-likeness (QED) is 0.201. The number of rotatable bonds is 8. The molecule has 1 atom stereocenters. The van der Waals surface area contributed by atoms with Crippen molar-refractivity contribution in [3.8, 4) is 23.7 Å². The Morgan fingerprint density at radius 2 is 1.80 bits per heavy atom. The van der Waals surface area contributed by atoms with Crippen molar-refractivity contribution in [2.24, 2.45) is 0 Å². The van der Waals surface area contributed by atoms with Crippen molar-refractivity contribution >= 4 is 30.9 Å². The van der Waals surface area contributed by atoms with E-state index in [1.807, 2.05) is 0 Å². The van der Waals surface area contributed by atoms with Crippen LogP contribution in [0.5, 0.6) is 0 Å². The standard InChI is InChI=1S/C21H35IO2Si/c1-7-8-9-10-11-12-15-19(22)18-20(16-13-14-17-23)24-25(5,6)21(2,3)4/h18,20,23H,7-9,12,15-17H2,1-6H3/b19-18-. The summed E-state index contributed by atoms with van der Waals surface area (Å²) in [4.78, 5) is 0. The lowest BCUT2D eigenvalue weighted by Crippen LogP contribution is -2.43. The Kier molecular flexibility index (Phi) is 12.8. The molecule has 0 rings (SSSR count). The van der Waals surface area contributed by atoms with E-state index in [-0.39, 0.29) is 17.7 Å². The predicted molar refractivity (Wildman–Crippen MR) is 120 cm³/mol. The first-order chi connectivity index (χ1) is 11.6. The summed E-state index contributed by atoms with van der Waals surface area (Å²) >= 11 is 2.39. The zero-order chi connectivity index (χ0) is 19.3. The molecule has 0 aliphatic carbocycles. The van der Waals surface area contributed by atoms with E-state index >= 15 is 0 Å². The first-order valence-corrected chi connectivity index (χ1v) is 13.2. The van der Waals surface area contributed by atoms with Crippen molar-refractivity contribution in [1.82, 2.24) is 0 Å². The van der Waals surface area contributed by atoms with Crippen LogP contribution in [-0.2, 0) is 4.43 Å². The van der Waals surface area contributed by atoms with Gasteiger partial charge >= 0.3 is 0 Å². The van der Waals surface area contributed by atoms with Crippen molar-refractivity contribution in [2.75, 3.05) is 6.61 Å². The molecular weight excluding hydrogens is 439 g/mol. The summed E-state index contributed by atoms with van der Waals surface area (Å²) in [5.41, 5.74) is 0. The second kappa shape index (κ2) is 13.0. The van der Waals surface area contributed by atoms with Crippen LogP contribution in [0.3, 0.4) is 0 Å². The summed E-state index contributed by atoms with van der Waals surface area (Å²) in [7, 11) is -1.85. The van der Waals surface area contributed by atoms with Gasteiger partial charge in [-0.3, -0.25) is 0 Å². The van der Waals surface area contributed by atoms with Crippen LogP contribution in [0.25, 0.3) is 0 Å². The predicted octanol–water partition coefficient (Wildman–Crippen LogP) is 6.06. The Morgan fingerprint density at radius 3 is 2.36 bits per heavy atom. The fourth-order valence-electron chi connectivity index (χ4n) is 1.83. The molecule has 142 valence electrons. The Labute approximate surface area is 170 Å². The average Bonchev–Trinajstić information content (AvgIpc) is 2.49. The number of hydrogen-bond donors (Lipinski definition) is 1. The lowest BCUT2D eigenvalue weighted by molar-refractivity contribution is 0.229. The molecule has 2 nitrogen and oxygen atoms in total. The molecule has 0 bridgehead atoms. The first-order valence-electron chi connectivity index (χ1n) is 9.20. The number of unbranched alkanes of at least 4 members (excludes halogenated alkanes) is 2. The molecule has 0 radical (unpaired) electrons. The van der Waals surface area contributed by atoms with Gasteiger partial charge in [-0.25, -0.2) is 0 Å². The Morgan fingerprint density at radius 1 is 1.16 bits per heavy atom. The molecule has 0 aromatic heterocycles. The molecule has 0 saturated carbocycles. The molecule has 4 heteroatoms. The van der Waals surface area contributed by atoms with Gasteiger partial charge in [-0.2, -0.15) is 0 Å². The Bertz CT molecular complexity index is 524. The van der Waals surface area contributed by atoms with Crippen LogP contribution in [0.15, 0.2) is 9.66 Å². The molecule has 0 heterocycles. The fraction of sp³-hybridized carbons (Fsp3) is 0.714. The molecular formula is C21H35IO2Si. The molecule has 0 spiro atoms. The largest absolute Gasteiger partial charge is 0.410 e. The van der Waals surface area contributed by atoms with E-state index in [0.29, 0.717) is 6.42 Å². The van der Waals surface area contributed by atoms with Gasteiger partial charge in [-0.15, -0.1) is 11.8 Å². The highest BCUT2D eigenvalue weighted by atomic mass is 127. The monoisotopic (exact) mass is 474 g/mol. The van der Waals surface area contributed by atoms with Gasteiger partial charge < -0.3 is 9.53 Å². The topological polar surface area (TPSA) is 29.5 Å². The fourth-order valence-corrected chi connectivity index (χ4v) is 3.76. The van der Waals surface area contributed by atoms with E-state index in [2.05, 4.69) is 93.1 Å². The summed E-state index contributed by atoms with van der Waals surface area (Å²) < 4.78 is 7.79. The number of halogens is 1. The minimum absolute atomic E-state index is 0.0140. The first kappa shape index (κ1) is 24.7. The minimum Gasteiger partial charge on any atom is -0.410 e. The molecule has 0 saturated heterocycles. The summed E-state index contributed by atoms with van der Waals surface area (Å²) in [6.07, 6.45) is 8.06. The molecule has 25 heavy (non-hydrogen) atoms. The number of aliphatic hydroxyl groups is 1. The van der Waals surface area contributed by atoms with Crippen LogP contribution >= 0.6 is 22.6 Å². The van der Waals surface area contributed by atoms with Gasteiger partial charge in [0.05, 0.1) is 6.10 Å². The Hall–Kier alpha value is -0.273. The number of aliphatic hydroxyl groups excluding tert-OH is 1. The van der Waals surface area contributed by atoms with E-state index in [1.165, 1.54) is 16.4 Å². The zero-order valence-corrected chi connectivity index (χ0v) is 20.0. The lowest BCUT2D eigenvalue weighted by atomic mass is 10.2. The van der Waals surface area contributed by atoms with Gasteiger partial charge in [-0.1, -0.05) is 46.0 Å². The van der Waals surface area contributed by atoms with Crippen molar-refractivity contribution in [2.45, 2.75) is 90.5 Å². The molecule has 0 aliphatic rings. The normalized spacial score (nSPS) is 13.5. The Balaban J connectivity index is 4.87. The maximum absolute atomic E-state index is 8.89. The molecule has 1 N–H and O–H groups in total. The van der Waals surface area contributed by atoms with Gasteiger partial charge in [0.1, 0.15) is 6.61 Å². The van der Waals surface area contributed by atoms with E-state index in [9.17, 15) is 0 Å². The van der Waals surface area contributed by atoms with Crippen molar-refractivity contribution in [1.29, 1.82) is 0 Å². The minimum atomic E-state index is -1.85. The highest BCUT2D eigenvalue weighted by Crippen LogP contribution is 2.38. The third kappa shape index (κ3) is 11.9. The third-order valence-electron chi connectivity index (χ3n) is 4.40. The average molecular weight is 474 g/mol. The number of hydrogen-bond acceptors (Lipinski definition) is 2. The second-order valence-corrected chi connectivity index (χ2v) is 13.8. The molecule has 0 aromatic carbocycles. The molecule has 0 aromatic rings. The van der Waals surface area contributed by atoms with E-state index < -0.39 is 8.32 Å². The second-order valence-electron chi connectivity index (χ2n) is 7.70. The molecule has 0 fully saturated rings. The zero-order valence-electron chi connectivity index (χ0n) is 16.8. The van der Waals surface area contributed by atoms with Gasteiger partial charge in [-0.05, 0) is 63.2 Å². The van der Waals surface area contributed by atoms with Gasteiger partial charge in [0.25, 0.3) is 0 Å². The maximum atomic E-state index is 8.89. The summed E-state index contributed by atoms with van der Waals surface area (Å²) in [5.74, 6) is 12.3. The summed E-state index contributed by atoms with van der Waals surface area (Å²) in [6, 6.07) is 0. The van der Waals surface area contributed by atoms with E-state index in [4.69, 9.17) is 9.53 Å². The SMILES string of the molecule is CCCCC#CCC/C(I)=C/C(CC#CCO)O[Si](C)(C)C(C)(C)C. The summed E-state index contributed by atoms with van der Waals surface area (Å²) in [6.45, 7) is 13.4. The van der Waals surface area contributed by atoms with Crippen LogP contribution in [-0.4, -0.2) is 26.1 Å². The molecule has 1 unspecified atom stereocenters. The molecule has 0 amide bonds. The van der Waals surface area contributed by atoms with Gasteiger partial charge in [0.15, 0.2) is 8.32 Å². The lowest BCUT2D eigenvalue weighted by Gasteiger charge is -2.38. The van der Waals surface area contributed by atoms with Crippen LogP contribution in [0.1, 0.15) is 66.2 Å². The van der Waals surface area contributed by atoms with Crippen LogP contribution in [0.2, 0.25) is 18.1 Å². The van der Waals surface area contributed by atoms with Gasteiger partial charge in [0.2, 0.25) is 0 Å². The smallest absolute Gasteiger partial charge is 0.192 e. The maximum Gasteiger partial charge on any atom is 0.192 e. The van der Waals surface area contributed by atoms with Crippen molar-refractivity contribution in [3.63, 3.8) is 0 Å².